The van der Waals surface area contributed by atoms with Gasteiger partial charge >= 0.3 is 0 Å². The van der Waals surface area contributed by atoms with E-state index >= 15 is 0 Å². The standard InChI is InChI=1S/C12H16N4O2/c1-8(2)16-11(10(18-3)7-15-16)12(17)9-4-5-13-14-6-9/h4-8,12,17H,1-3H3. The Morgan fingerprint density at radius 2 is 2.06 bits per heavy atom. The van der Waals surface area contributed by atoms with E-state index in [1.165, 1.54) is 6.20 Å². The molecule has 6 nitrogen and oxygen atoms in total. The van der Waals surface area contributed by atoms with Gasteiger partial charge < -0.3 is 9.84 Å². The van der Waals surface area contributed by atoms with Crippen molar-refractivity contribution in [1.29, 1.82) is 0 Å². The van der Waals surface area contributed by atoms with Crippen molar-refractivity contribution in [2.75, 3.05) is 7.11 Å². The molecule has 18 heavy (non-hydrogen) atoms. The SMILES string of the molecule is COc1cnn(C(C)C)c1C(O)c1ccnnc1. The summed E-state index contributed by atoms with van der Waals surface area (Å²) in [6.45, 7) is 3.99. The molecule has 96 valence electrons. The second-order valence-corrected chi connectivity index (χ2v) is 4.21. The van der Waals surface area contributed by atoms with E-state index in [4.69, 9.17) is 4.74 Å². The van der Waals surface area contributed by atoms with E-state index in [2.05, 4.69) is 15.3 Å². The summed E-state index contributed by atoms with van der Waals surface area (Å²) in [4.78, 5) is 0. The third kappa shape index (κ3) is 2.19. The number of hydrogen-bond acceptors (Lipinski definition) is 5. The lowest BCUT2D eigenvalue weighted by atomic mass is 10.1. The second kappa shape index (κ2) is 5.14. The molecule has 0 fully saturated rings. The van der Waals surface area contributed by atoms with Crippen LogP contribution in [0.15, 0.2) is 24.7 Å². The first-order valence-corrected chi connectivity index (χ1v) is 5.71. The molecule has 0 aliphatic rings. The van der Waals surface area contributed by atoms with Gasteiger partial charge in [0, 0.05) is 17.8 Å². The zero-order valence-electron chi connectivity index (χ0n) is 10.6. The Bertz CT molecular complexity index is 510. The second-order valence-electron chi connectivity index (χ2n) is 4.21. The fourth-order valence-corrected chi connectivity index (χ4v) is 1.81. The summed E-state index contributed by atoms with van der Waals surface area (Å²) >= 11 is 0. The number of rotatable bonds is 4. The molecule has 1 unspecified atom stereocenters. The van der Waals surface area contributed by atoms with Crippen LogP contribution < -0.4 is 4.74 Å². The summed E-state index contributed by atoms with van der Waals surface area (Å²) in [6.07, 6.45) is 3.84. The van der Waals surface area contributed by atoms with Crippen LogP contribution in [0.1, 0.15) is 37.3 Å². The predicted octanol–water partition coefficient (Wildman–Crippen LogP) is 1.34. The van der Waals surface area contributed by atoms with E-state index in [1.54, 1.807) is 30.3 Å². The minimum Gasteiger partial charge on any atom is -0.493 e. The number of hydrogen-bond donors (Lipinski definition) is 1. The first-order valence-electron chi connectivity index (χ1n) is 5.71. The van der Waals surface area contributed by atoms with Gasteiger partial charge in [-0.25, -0.2) is 0 Å². The first kappa shape index (κ1) is 12.5. The van der Waals surface area contributed by atoms with E-state index < -0.39 is 6.10 Å². The van der Waals surface area contributed by atoms with Crippen molar-refractivity contribution in [1.82, 2.24) is 20.0 Å². The van der Waals surface area contributed by atoms with Gasteiger partial charge in [0.2, 0.25) is 0 Å². The van der Waals surface area contributed by atoms with Crippen LogP contribution in [-0.2, 0) is 0 Å². The van der Waals surface area contributed by atoms with Crippen LogP contribution in [0.4, 0.5) is 0 Å². The highest BCUT2D eigenvalue weighted by atomic mass is 16.5. The van der Waals surface area contributed by atoms with Crippen molar-refractivity contribution in [2.45, 2.75) is 26.0 Å². The lowest BCUT2D eigenvalue weighted by Crippen LogP contribution is -2.13. The average Bonchev–Trinajstić information content (AvgIpc) is 2.82. The Hall–Kier alpha value is -1.95. The minimum atomic E-state index is -0.833. The number of aliphatic hydroxyl groups is 1. The van der Waals surface area contributed by atoms with Gasteiger partial charge in [0.15, 0.2) is 5.75 Å². The fourth-order valence-electron chi connectivity index (χ4n) is 1.81. The molecule has 2 rings (SSSR count). The fraction of sp³-hybridized carbons (Fsp3) is 0.417. The minimum absolute atomic E-state index is 0.133. The normalized spacial score (nSPS) is 12.7. The third-order valence-corrected chi connectivity index (χ3v) is 2.69. The Morgan fingerprint density at radius 3 is 2.61 bits per heavy atom. The molecular weight excluding hydrogens is 232 g/mol. The van der Waals surface area contributed by atoms with Crippen LogP contribution in [0.2, 0.25) is 0 Å². The zero-order valence-corrected chi connectivity index (χ0v) is 10.6. The summed E-state index contributed by atoms with van der Waals surface area (Å²) in [5, 5.41) is 22.1. The molecule has 0 spiro atoms. The topological polar surface area (TPSA) is 73.1 Å². The lowest BCUT2D eigenvalue weighted by molar-refractivity contribution is 0.199. The Kier molecular flexibility index (Phi) is 3.57. The Balaban J connectivity index is 2.46. The van der Waals surface area contributed by atoms with Crippen molar-refractivity contribution in [3.8, 4) is 5.75 Å². The number of aromatic nitrogens is 4. The highest BCUT2D eigenvalue weighted by Gasteiger charge is 2.22. The predicted molar refractivity (Wildman–Crippen MR) is 65.3 cm³/mol. The van der Waals surface area contributed by atoms with Gasteiger partial charge in [0.25, 0.3) is 0 Å². The number of ether oxygens (including phenoxy) is 1. The van der Waals surface area contributed by atoms with Crippen molar-refractivity contribution in [3.63, 3.8) is 0 Å². The largest absolute Gasteiger partial charge is 0.493 e. The number of aliphatic hydroxyl groups excluding tert-OH is 1. The van der Waals surface area contributed by atoms with Gasteiger partial charge in [-0.2, -0.15) is 15.3 Å². The molecular formula is C12H16N4O2. The smallest absolute Gasteiger partial charge is 0.163 e. The molecule has 0 amide bonds. The average molecular weight is 248 g/mol. The number of nitrogens with zero attached hydrogens (tertiary/aromatic N) is 4. The highest BCUT2D eigenvalue weighted by molar-refractivity contribution is 5.33. The summed E-state index contributed by atoms with van der Waals surface area (Å²) in [7, 11) is 1.56. The van der Waals surface area contributed by atoms with E-state index in [0.29, 0.717) is 17.0 Å². The molecule has 0 aliphatic heterocycles. The van der Waals surface area contributed by atoms with Gasteiger partial charge in [-0.05, 0) is 19.9 Å². The molecule has 1 atom stereocenters. The molecule has 0 saturated carbocycles. The maximum atomic E-state index is 10.4. The van der Waals surface area contributed by atoms with Crippen LogP contribution in [0, 0.1) is 0 Å². The van der Waals surface area contributed by atoms with Crippen molar-refractivity contribution in [3.05, 3.63) is 35.9 Å². The van der Waals surface area contributed by atoms with Gasteiger partial charge in [-0.1, -0.05) is 0 Å². The first-order chi connectivity index (χ1) is 8.65. The Labute approximate surface area is 105 Å². The molecule has 0 bridgehead atoms. The van der Waals surface area contributed by atoms with Gasteiger partial charge in [0.1, 0.15) is 11.8 Å². The van der Waals surface area contributed by atoms with Crippen molar-refractivity contribution in [2.24, 2.45) is 0 Å². The monoisotopic (exact) mass is 248 g/mol. The van der Waals surface area contributed by atoms with E-state index in [1.807, 2.05) is 13.8 Å². The van der Waals surface area contributed by atoms with Crippen LogP contribution in [0.3, 0.4) is 0 Å². The van der Waals surface area contributed by atoms with Gasteiger partial charge in [-0.3, -0.25) is 4.68 Å². The Morgan fingerprint density at radius 1 is 1.28 bits per heavy atom. The molecule has 2 aromatic heterocycles. The summed E-state index contributed by atoms with van der Waals surface area (Å²) in [5.41, 5.74) is 1.28. The molecule has 0 saturated heterocycles. The maximum absolute atomic E-state index is 10.4. The highest BCUT2D eigenvalue weighted by Crippen LogP contribution is 2.31. The molecule has 2 aromatic rings. The van der Waals surface area contributed by atoms with E-state index in [0.717, 1.165) is 0 Å². The lowest BCUT2D eigenvalue weighted by Gasteiger charge is -2.17. The number of methoxy groups -OCH3 is 1. The summed E-state index contributed by atoms with van der Waals surface area (Å²) in [5.74, 6) is 0.563. The van der Waals surface area contributed by atoms with Crippen LogP contribution in [0.25, 0.3) is 0 Å². The molecule has 0 aromatic carbocycles. The summed E-state index contributed by atoms with van der Waals surface area (Å²) in [6, 6.07) is 1.85. The molecule has 6 heteroatoms. The van der Waals surface area contributed by atoms with E-state index in [9.17, 15) is 5.11 Å². The van der Waals surface area contributed by atoms with Crippen LogP contribution >= 0.6 is 0 Å². The molecule has 0 radical (unpaired) electrons. The molecule has 0 aliphatic carbocycles. The third-order valence-electron chi connectivity index (χ3n) is 2.69. The van der Waals surface area contributed by atoms with Gasteiger partial charge in [0.05, 0.1) is 19.5 Å². The zero-order chi connectivity index (χ0) is 13.1. The van der Waals surface area contributed by atoms with Crippen molar-refractivity contribution < 1.29 is 9.84 Å². The van der Waals surface area contributed by atoms with Crippen molar-refractivity contribution >= 4 is 0 Å². The molecule has 2 heterocycles. The van der Waals surface area contributed by atoms with Crippen LogP contribution in [0.5, 0.6) is 5.75 Å². The van der Waals surface area contributed by atoms with Gasteiger partial charge in [-0.15, -0.1) is 0 Å². The van der Waals surface area contributed by atoms with Crippen LogP contribution in [-0.4, -0.2) is 32.2 Å². The quantitative estimate of drug-likeness (QED) is 0.884. The van der Waals surface area contributed by atoms with E-state index in [-0.39, 0.29) is 6.04 Å². The maximum Gasteiger partial charge on any atom is 0.163 e. The molecule has 1 N–H and O–H groups in total. The summed E-state index contributed by atoms with van der Waals surface area (Å²) < 4.78 is 6.98.